The average molecular weight is 392 g/mol. The van der Waals surface area contributed by atoms with Crippen LogP contribution in [0.2, 0.25) is 0 Å². The molecular weight excluding hydrogens is 378 g/mol. The lowest BCUT2D eigenvalue weighted by atomic mass is 9.95. The molecule has 0 atom stereocenters. The van der Waals surface area contributed by atoms with E-state index in [1.807, 2.05) is 0 Å². The van der Waals surface area contributed by atoms with Crippen molar-refractivity contribution in [2.75, 3.05) is 10.6 Å². The van der Waals surface area contributed by atoms with E-state index >= 15 is 0 Å². The van der Waals surface area contributed by atoms with Crippen molar-refractivity contribution < 1.29 is 23.5 Å². The largest absolute Gasteiger partial charge is 0.508 e. The monoisotopic (exact) mass is 392 g/mol. The lowest BCUT2D eigenvalue weighted by molar-refractivity contribution is 0.0960. The minimum atomic E-state index is -0.926. The van der Waals surface area contributed by atoms with E-state index in [0.29, 0.717) is 17.4 Å². The summed E-state index contributed by atoms with van der Waals surface area (Å²) >= 11 is 0. The third-order valence-corrected chi connectivity index (χ3v) is 4.39. The van der Waals surface area contributed by atoms with E-state index in [0.717, 1.165) is 12.1 Å². The van der Waals surface area contributed by atoms with E-state index in [2.05, 4.69) is 10.6 Å². The van der Waals surface area contributed by atoms with Gasteiger partial charge in [-0.1, -0.05) is 30.3 Å². The van der Waals surface area contributed by atoms with Gasteiger partial charge in [0, 0.05) is 23.3 Å². The maximum atomic E-state index is 13.7. The summed E-state index contributed by atoms with van der Waals surface area (Å²) in [5, 5.41) is 15.5. The van der Waals surface area contributed by atoms with Gasteiger partial charge in [0.25, 0.3) is 0 Å². The van der Waals surface area contributed by atoms with Crippen LogP contribution in [0.3, 0.4) is 0 Å². The summed E-state index contributed by atoms with van der Waals surface area (Å²) in [6.45, 7) is 0. The Hall–Kier alpha value is -4.00. The fourth-order valence-corrected chi connectivity index (χ4v) is 3.06. The summed E-state index contributed by atoms with van der Waals surface area (Å²) < 4.78 is 27.3. The highest BCUT2D eigenvalue weighted by Crippen LogP contribution is 2.35. The Kier molecular flexibility index (Phi) is 4.56. The standard InChI is InChI=1S/C22H14F2N2O3/c23-14-8-13(9-15(24)10-14)21(29)19(20(28)12-4-2-1-3-5-12)22-25-17-7-6-16(27)11-18(17)26-22/h1-11,25-27H/b22-19-. The van der Waals surface area contributed by atoms with E-state index in [-0.39, 0.29) is 28.3 Å². The van der Waals surface area contributed by atoms with Crippen LogP contribution in [0.1, 0.15) is 20.7 Å². The lowest BCUT2D eigenvalue weighted by Gasteiger charge is -2.11. The Morgan fingerprint density at radius 3 is 2.03 bits per heavy atom. The summed E-state index contributed by atoms with van der Waals surface area (Å²) in [5.74, 6) is -3.25. The molecule has 0 fully saturated rings. The molecular formula is C22H14F2N2O3. The molecule has 0 saturated heterocycles. The topological polar surface area (TPSA) is 78.4 Å². The second kappa shape index (κ2) is 7.20. The zero-order valence-electron chi connectivity index (χ0n) is 14.9. The van der Waals surface area contributed by atoms with E-state index in [1.54, 1.807) is 24.3 Å². The first-order valence-corrected chi connectivity index (χ1v) is 8.64. The minimum Gasteiger partial charge on any atom is -0.508 e. The van der Waals surface area contributed by atoms with Crippen LogP contribution in [0.4, 0.5) is 20.2 Å². The van der Waals surface area contributed by atoms with Crippen molar-refractivity contribution in [3.8, 4) is 5.75 Å². The van der Waals surface area contributed by atoms with Gasteiger partial charge in [-0.3, -0.25) is 9.59 Å². The van der Waals surface area contributed by atoms with E-state index in [1.165, 1.54) is 24.3 Å². The summed E-state index contributed by atoms with van der Waals surface area (Å²) in [5.41, 5.74) is 0.627. The van der Waals surface area contributed by atoms with Crippen molar-refractivity contribution in [2.24, 2.45) is 0 Å². The molecule has 0 unspecified atom stereocenters. The molecule has 0 bridgehead atoms. The number of phenolic OH excluding ortho intramolecular Hbond substituents is 1. The second-order valence-electron chi connectivity index (χ2n) is 6.41. The highest BCUT2D eigenvalue weighted by molar-refractivity contribution is 6.32. The molecule has 1 aliphatic heterocycles. The predicted octanol–water partition coefficient (Wildman–Crippen LogP) is 4.49. The number of nitrogens with one attached hydrogen (secondary N) is 2. The molecule has 0 aromatic heterocycles. The number of benzene rings is 3. The number of allylic oxidation sites excluding steroid dienone is 1. The van der Waals surface area contributed by atoms with E-state index in [9.17, 15) is 23.5 Å². The van der Waals surface area contributed by atoms with Gasteiger partial charge in [-0.25, -0.2) is 8.78 Å². The summed E-state index contributed by atoms with van der Waals surface area (Å²) in [7, 11) is 0. The van der Waals surface area contributed by atoms with E-state index in [4.69, 9.17) is 0 Å². The Balaban J connectivity index is 1.84. The minimum absolute atomic E-state index is 0.00577. The van der Waals surface area contributed by atoms with Gasteiger partial charge in [-0.15, -0.1) is 0 Å². The number of anilines is 2. The molecule has 0 amide bonds. The van der Waals surface area contributed by atoms with Gasteiger partial charge in [0.2, 0.25) is 11.6 Å². The number of hydrogen-bond donors (Lipinski definition) is 3. The smallest absolute Gasteiger partial charge is 0.200 e. The van der Waals surface area contributed by atoms with Crippen molar-refractivity contribution >= 4 is 22.9 Å². The van der Waals surface area contributed by atoms with Crippen LogP contribution in [-0.4, -0.2) is 16.7 Å². The van der Waals surface area contributed by atoms with Crippen molar-refractivity contribution in [1.82, 2.24) is 0 Å². The molecule has 3 aromatic rings. The van der Waals surface area contributed by atoms with Crippen LogP contribution in [0, 0.1) is 11.6 Å². The second-order valence-corrected chi connectivity index (χ2v) is 6.41. The third kappa shape index (κ3) is 3.58. The number of phenols is 1. The number of Topliss-reactive ketones (excluding diaryl/α,β-unsaturated/α-hetero) is 2. The van der Waals surface area contributed by atoms with Gasteiger partial charge in [-0.05, 0) is 24.3 Å². The molecule has 3 aromatic carbocycles. The number of halogens is 2. The fourth-order valence-electron chi connectivity index (χ4n) is 3.06. The Morgan fingerprint density at radius 1 is 0.724 bits per heavy atom. The Morgan fingerprint density at radius 2 is 1.34 bits per heavy atom. The summed E-state index contributed by atoms with van der Waals surface area (Å²) in [4.78, 5) is 26.3. The van der Waals surface area contributed by atoms with Crippen molar-refractivity contribution in [3.63, 3.8) is 0 Å². The highest BCUT2D eigenvalue weighted by atomic mass is 19.1. The molecule has 0 saturated carbocycles. The van der Waals surface area contributed by atoms with Crippen LogP contribution < -0.4 is 10.6 Å². The first kappa shape index (κ1) is 18.4. The zero-order chi connectivity index (χ0) is 20.5. The number of hydrogen-bond acceptors (Lipinski definition) is 5. The molecule has 144 valence electrons. The molecule has 4 rings (SSSR count). The van der Waals surface area contributed by atoms with Crippen molar-refractivity contribution in [1.29, 1.82) is 0 Å². The van der Waals surface area contributed by atoms with Crippen molar-refractivity contribution in [3.05, 3.63) is 101 Å². The van der Waals surface area contributed by atoms with Gasteiger partial charge in [0.05, 0.1) is 11.4 Å². The number of carbonyl (C=O) groups excluding carboxylic acids is 2. The van der Waals surface area contributed by atoms with Crippen LogP contribution >= 0.6 is 0 Å². The molecule has 0 spiro atoms. The lowest BCUT2D eigenvalue weighted by Crippen LogP contribution is -2.21. The van der Waals surface area contributed by atoms with Crippen LogP contribution in [0.15, 0.2) is 78.1 Å². The molecule has 5 nitrogen and oxygen atoms in total. The van der Waals surface area contributed by atoms with Gasteiger partial charge in [0.15, 0.2) is 0 Å². The molecule has 1 aliphatic rings. The van der Waals surface area contributed by atoms with Gasteiger partial charge in [0.1, 0.15) is 28.8 Å². The van der Waals surface area contributed by atoms with E-state index < -0.39 is 23.2 Å². The molecule has 29 heavy (non-hydrogen) atoms. The predicted molar refractivity (Wildman–Crippen MR) is 104 cm³/mol. The Bertz CT molecular complexity index is 1150. The molecule has 0 aliphatic carbocycles. The quantitative estimate of drug-likeness (QED) is 0.201. The van der Waals surface area contributed by atoms with Crippen LogP contribution in [-0.2, 0) is 0 Å². The number of fused-ring (bicyclic) bond motifs is 1. The first-order chi connectivity index (χ1) is 13.9. The zero-order valence-corrected chi connectivity index (χ0v) is 14.9. The van der Waals surface area contributed by atoms with Gasteiger partial charge in [-0.2, -0.15) is 0 Å². The maximum Gasteiger partial charge on any atom is 0.200 e. The van der Waals surface area contributed by atoms with Gasteiger partial charge >= 0.3 is 0 Å². The first-order valence-electron chi connectivity index (χ1n) is 8.64. The highest BCUT2D eigenvalue weighted by Gasteiger charge is 2.29. The average Bonchev–Trinajstić information content (AvgIpc) is 3.10. The summed E-state index contributed by atoms with van der Waals surface area (Å²) in [6, 6.07) is 14.9. The Labute approximate surface area is 164 Å². The number of aromatic hydroxyl groups is 1. The molecule has 0 radical (unpaired) electrons. The normalized spacial score (nSPS) is 13.9. The van der Waals surface area contributed by atoms with Crippen LogP contribution in [0.5, 0.6) is 5.75 Å². The number of ketones is 2. The SMILES string of the molecule is O=C(/C(C(=O)c1cc(F)cc(F)c1)=C1\Nc2ccc(O)cc2N1)c1ccccc1. The molecule has 3 N–H and O–H groups in total. The van der Waals surface area contributed by atoms with Crippen LogP contribution in [0.25, 0.3) is 0 Å². The van der Waals surface area contributed by atoms with Gasteiger partial charge < -0.3 is 15.7 Å². The molecule has 7 heteroatoms. The summed E-state index contributed by atoms with van der Waals surface area (Å²) in [6.07, 6.45) is 0. The number of carbonyl (C=O) groups is 2. The van der Waals surface area contributed by atoms with Crippen molar-refractivity contribution in [2.45, 2.75) is 0 Å². The maximum absolute atomic E-state index is 13.7. The molecule has 1 heterocycles. The number of rotatable bonds is 4. The third-order valence-electron chi connectivity index (χ3n) is 4.39. The fraction of sp³-hybridized carbons (Fsp3) is 0.